The van der Waals surface area contributed by atoms with E-state index < -0.39 is 16.1 Å². The van der Waals surface area contributed by atoms with Crippen LogP contribution in [-0.2, 0) is 0 Å². The van der Waals surface area contributed by atoms with E-state index in [1.165, 1.54) is 0 Å². The first kappa shape index (κ1) is 31.6. The molecule has 2 aromatic rings. The molecular formula is C34H48N2Si2. The second kappa shape index (κ2) is 13.5. The monoisotopic (exact) mass is 540 g/mol. The number of pyridine rings is 2. The molecule has 2 rings (SSSR count). The van der Waals surface area contributed by atoms with Crippen molar-refractivity contribution in [2.75, 3.05) is 0 Å². The van der Waals surface area contributed by atoms with Gasteiger partial charge in [-0.3, -0.25) is 9.97 Å². The molecular weight excluding hydrogens is 493 g/mol. The highest BCUT2D eigenvalue weighted by molar-refractivity contribution is 6.91. The van der Waals surface area contributed by atoms with E-state index in [1.807, 2.05) is 24.5 Å². The minimum atomic E-state index is -1.85. The molecule has 2 heterocycles. The topological polar surface area (TPSA) is 25.8 Å². The summed E-state index contributed by atoms with van der Waals surface area (Å²) in [7, 11) is -3.69. The molecule has 4 heteroatoms. The third-order valence-electron chi connectivity index (χ3n) is 8.53. The summed E-state index contributed by atoms with van der Waals surface area (Å²) in [6, 6.07) is 3.95. The lowest BCUT2D eigenvalue weighted by Gasteiger charge is -2.38. The number of rotatable bonds is 6. The minimum absolute atomic E-state index is 0.581. The first-order chi connectivity index (χ1) is 17.8. The molecule has 0 aliphatic rings. The Morgan fingerprint density at radius 1 is 0.447 bits per heavy atom. The van der Waals surface area contributed by atoms with E-state index in [4.69, 9.17) is 0 Å². The maximum atomic E-state index is 4.38. The lowest BCUT2D eigenvalue weighted by atomic mass is 10.1. The second-order valence-corrected chi connectivity index (χ2v) is 23.5. The molecule has 0 N–H and O–H groups in total. The first-order valence-corrected chi connectivity index (χ1v) is 18.7. The van der Waals surface area contributed by atoms with Gasteiger partial charge >= 0.3 is 0 Å². The number of hydrogen-bond donors (Lipinski definition) is 0. The van der Waals surface area contributed by atoms with E-state index in [1.54, 1.807) is 12.4 Å². The molecule has 0 spiro atoms. The fourth-order valence-electron chi connectivity index (χ4n) is 6.56. The van der Waals surface area contributed by atoms with Crippen molar-refractivity contribution in [1.29, 1.82) is 0 Å². The Morgan fingerprint density at radius 2 is 0.737 bits per heavy atom. The summed E-state index contributed by atoms with van der Waals surface area (Å²) in [6.45, 7) is 28.1. The zero-order valence-electron chi connectivity index (χ0n) is 25.8. The Morgan fingerprint density at radius 3 is 1.00 bits per heavy atom. The molecule has 0 saturated carbocycles. The fraction of sp³-hybridized carbons (Fsp3) is 0.529. The van der Waals surface area contributed by atoms with Crippen LogP contribution in [0.4, 0.5) is 0 Å². The van der Waals surface area contributed by atoms with Crippen LogP contribution in [-0.4, -0.2) is 26.1 Å². The van der Waals surface area contributed by atoms with Crippen molar-refractivity contribution in [3.8, 4) is 34.8 Å². The predicted molar refractivity (Wildman–Crippen MR) is 170 cm³/mol. The van der Waals surface area contributed by atoms with Gasteiger partial charge in [-0.2, -0.15) is 0 Å². The summed E-state index contributed by atoms with van der Waals surface area (Å²) < 4.78 is 0. The van der Waals surface area contributed by atoms with Crippen LogP contribution in [0, 0.1) is 34.8 Å². The predicted octanol–water partition coefficient (Wildman–Crippen LogP) is 9.02. The first-order valence-electron chi connectivity index (χ1n) is 14.3. The summed E-state index contributed by atoms with van der Waals surface area (Å²) in [4.78, 5) is 8.75. The second-order valence-electron chi connectivity index (χ2n) is 12.4. The van der Waals surface area contributed by atoms with Crippen LogP contribution in [0.5, 0.6) is 0 Å². The molecule has 0 aromatic carbocycles. The highest BCUT2D eigenvalue weighted by atomic mass is 28.3. The van der Waals surface area contributed by atoms with Crippen LogP contribution in [0.2, 0.25) is 33.2 Å². The molecule has 0 unspecified atom stereocenters. The van der Waals surface area contributed by atoms with Crippen LogP contribution in [0.1, 0.15) is 105 Å². The van der Waals surface area contributed by atoms with Gasteiger partial charge in [-0.05, 0) is 45.4 Å². The zero-order chi connectivity index (χ0) is 28.7. The molecule has 0 aliphatic carbocycles. The van der Waals surface area contributed by atoms with E-state index in [2.05, 4.69) is 128 Å². The number of nitrogens with zero attached hydrogens (tertiary/aromatic N) is 2. The third-order valence-corrected chi connectivity index (χ3v) is 21.1. The van der Waals surface area contributed by atoms with Crippen molar-refractivity contribution < 1.29 is 0 Å². The molecule has 202 valence electrons. The molecule has 2 aromatic heterocycles. The lowest BCUT2D eigenvalue weighted by Crippen LogP contribution is -2.43. The molecule has 0 aliphatic heterocycles. The van der Waals surface area contributed by atoms with Gasteiger partial charge in [0.1, 0.15) is 16.1 Å². The maximum Gasteiger partial charge on any atom is 0.146 e. The minimum Gasteiger partial charge on any atom is -0.263 e. The fourth-order valence-corrected chi connectivity index (χ4v) is 17.0. The van der Waals surface area contributed by atoms with Crippen LogP contribution >= 0.6 is 0 Å². The normalized spacial score (nSPS) is 11.9. The molecule has 2 nitrogen and oxygen atoms in total. The van der Waals surface area contributed by atoms with Crippen LogP contribution in [0.15, 0.2) is 36.9 Å². The Kier molecular flexibility index (Phi) is 11.2. The van der Waals surface area contributed by atoms with E-state index >= 15 is 0 Å². The van der Waals surface area contributed by atoms with E-state index in [0.717, 1.165) is 22.3 Å². The molecule has 38 heavy (non-hydrogen) atoms. The van der Waals surface area contributed by atoms with Gasteiger partial charge in [0.25, 0.3) is 0 Å². The van der Waals surface area contributed by atoms with Crippen molar-refractivity contribution in [2.24, 2.45) is 0 Å². The van der Waals surface area contributed by atoms with Crippen molar-refractivity contribution in [1.82, 2.24) is 9.97 Å². The van der Waals surface area contributed by atoms with Gasteiger partial charge in [-0.1, -0.05) is 107 Å². The van der Waals surface area contributed by atoms with Gasteiger partial charge in [0.05, 0.1) is 11.1 Å². The number of hydrogen-bond acceptors (Lipinski definition) is 2. The summed E-state index contributed by atoms with van der Waals surface area (Å²) in [5.74, 6) is 13.9. The highest BCUT2D eigenvalue weighted by Crippen LogP contribution is 2.41. The zero-order valence-corrected chi connectivity index (χ0v) is 27.8. The van der Waals surface area contributed by atoms with E-state index in [9.17, 15) is 0 Å². The van der Waals surface area contributed by atoms with Gasteiger partial charge in [0.15, 0.2) is 0 Å². The largest absolute Gasteiger partial charge is 0.263 e. The average Bonchev–Trinajstić information content (AvgIpc) is 2.83. The maximum absolute atomic E-state index is 4.38. The van der Waals surface area contributed by atoms with E-state index in [-0.39, 0.29) is 0 Å². The smallest absolute Gasteiger partial charge is 0.146 e. The summed E-state index contributed by atoms with van der Waals surface area (Å²) in [6.07, 6.45) is 7.32. The van der Waals surface area contributed by atoms with Crippen LogP contribution < -0.4 is 0 Å². The van der Waals surface area contributed by atoms with Crippen molar-refractivity contribution in [3.05, 3.63) is 59.2 Å². The SMILES string of the molecule is CC(C)[Si](C#Cc1cnccc1C#Cc1ccncc1C#C[Si](C(C)C)(C(C)C)C(C)C)(C(C)C)C(C)C. The number of aromatic nitrogens is 2. The van der Waals surface area contributed by atoms with Crippen molar-refractivity contribution >= 4 is 16.1 Å². The Hall–Kier alpha value is -2.59. The molecule has 0 atom stereocenters. The molecule has 0 bridgehead atoms. The standard InChI is InChI=1S/C34H48N2Si2/c1-25(2)37(26(3)4,27(5)6)21-17-33-23-35-19-15-31(33)13-14-32-16-20-36-24-34(32)18-22-38(28(7)8,29(9)10)30(11)12/h15-16,19-20,23-30H,1-12H3. The van der Waals surface area contributed by atoms with Crippen LogP contribution in [0.25, 0.3) is 0 Å². The molecule has 0 amide bonds. The summed E-state index contributed by atoms with van der Waals surface area (Å²) in [5.41, 5.74) is 14.8. The molecule has 0 fully saturated rings. The Labute approximate surface area is 235 Å². The summed E-state index contributed by atoms with van der Waals surface area (Å²) >= 11 is 0. The average molecular weight is 541 g/mol. The lowest BCUT2D eigenvalue weighted by molar-refractivity contribution is 0.838. The van der Waals surface area contributed by atoms with Crippen molar-refractivity contribution in [2.45, 2.75) is 116 Å². The van der Waals surface area contributed by atoms with Gasteiger partial charge in [-0.15, -0.1) is 11.1 Å². The Balaban J connectivity index is 2.59. The van der Waals surface area contributed by atoms with E-state index in [0.29, 0.717) is 33.2 Å². The molecule has 0 saturated heterocycles. The van der Waals surface area contributed by atoms with Gasteiger partial charge in [0.2, 0.25) is 0 Å². The van der Waals surface area contributed by atoms with Gasteiger partial charge in [0, 0.05) is 35.9 Å². The molecule has 0 radical (unpaired) electrons. The quantitative estimate of drug-likeness (QED) is 0.270. The highest BCUT2D eigenvalue weighted by Gasteiger charge is 2.42. The van der Waals surface area contributed by atoms with Crippen molar-refractivity contribution in [3.63, 3.8) is 0 Å². The third kappa shape index (κ3) is 6.69. The van der Waals surface area contributed by atoms with Crippen LogP contribution in [0.3, 0.4) is 0 Å². The summed E-state index contributed by atoms with van der Waals surface area (Å²) in [5, 5.41) is 0. The van der Waals surface area contributed by atoms with Gasteiger partial charge < -0.3 is 0 Å². The Bertz CT molecular complexity index is 1130. The van der Waals surface area contributed by atoms with Gasteiger partial charge in [-0.25, -0.2) is 0 Å².